The molecule has 1 saturated carbocycles. The summed E-state index contributed by atoms with van der Waals surface area (Å²) in [5, 5.41) is 9.38. The number of carbonyl (C=O) groups is 2. The van der Waals surface area contributed by atoms with Crippen LogP contribution in [0.4, 0.5) is 16.2 Å². The van der Waals surface area contributed by atoms with E-state index in [-0.39, 0.29) is 17.9 Å². The number of nitrogens with one attached hydrogen (secondary N) is 3. The van der Waals surface area contributed by atoms with Crippen molar-refractivity contribution in [3.8, 4) is 0 Å². The van der Waals surface area contributed by atoms with Crippen molar-refractivity contribution in [2.75, 3.05) is 10.6 Å². The lowest BCUT2D eigenvalue weighted by molar-refractivity contribution is -0.117. The monoisotopic (exact) mass is 330 g/mol. The van der Waals surface area contributed by atoms with Crippen molar-refractivity contribution in [3.05, 3.63) is 40.3 Å². The van der Waals surface area contributed by atoms with E-state index in [1.54, 1.807) is 35.7 Å². The predicted molar refractivity (Wildman–Crippen MR) is 90.5 cm³/mol. The lowest BCUT2D eigenvalue weighted by Gasteiger charge is -2.09. The van der Waals surface area contributed by atoms with Crippen LogP contribution in [0.15, 0.2) is 30.5 Å². The van der Waals surface area contributed by atoms with Gasteiger partial charge in [0.2, 0.25) is 5.91 Å². The van der Waals surface area contributed by atoms with Crippen LogP contribution in [0.5, 0.6) is 0 Å². The largest absolute Gasteiger partial charge is 0.333 e. The first kappa shape index (κ1) is 15.5. The van der Waals surface area contributed by atoms with Crippen LogP contribution in [0.1, 0.15) is 22.7 Å². The van der Waals surface area contributed by atoms with Crippen molar-refractivity contribution in [1.29, 1.82) is 0 Å². The van der Waals surface area contributed by atoms with Crippen LogP contribution in [0.3, 0.4) is 0 Å². The number of hydrogen-bond acceptors (Lipinski definition) is 4. The molecular formula is C16H18N4O2S. The Bertz CT molecular complexity index is 724. The van der Waals surface area contributed by atoms with Crippen LogP contribution in [-0.4, -0.2) is 16.9 Å². The number of rotatable bonds is 5. The second-order valence-electron chi connectivity index (χ2n) is 5.50. The molecule has 1 aromatic heterocycles. The Balaban J connectivity index is 1.52. The molecule has 7 heteroatoms. The second kappa shape index (κ2) is 6.78. The SMILES string of the molecule is Cc1ncc(CNC(=O)Nc2cccc(NC(=O)C3CC3)c2)s1. The fourth-order valence-corrected chi connectivity index (χ4v) is 2.83. The number of carbonyl (C=O) groups excluding carboxylic acids is 2. The summed E-state index contributed by atoms with van der Waals surface area (Å²) in [5.41, 5.74) is 1.33. The Morgan fingerprint density at radius 1 is 1.26 bits per heavy atom. The zero-order chi connectivity index (χ0) is 16.2. The van der Waals surface area contributed by atoms with Gasteiger partial charge in [-0.25, -0.2) is 9.78 Å². The van der Waals surface area contributed by atoms with E-state index >= 15 is 0 Å². The molecule has 1 aliphatic carbocycles. The molecule has 3 amide bonds. The molecule has 0 radical (unpaired) electrons. The smallest absolute Gasteiger partial charge is 0.319 e. The molecule has 2 aromatic rings. The van der Waals surface area contributed by atoms with Gasteiger partial charge in [0.1, 0.15) is 0 Å². The van der Waals surface area contributed by atoms with E-state index in [1.807, 2.05) is 13.0 Å². The first-order chi connectivity index (χ1) is 11.1. The summed E-state index contributed by atoms with van der Waals surface area (Å²) >= 11 is 1.55. The summed E-state index contributed by atoms with van der Waals surface area (Å²) in [7, 11) is 0. The number of aryl methyl sites for hydroxylation is 1. The van der Waals surface area contributed by atoms with E-state index in [9.17, 15) is 9.59 Å². The van der Waals surface area contributed by atoms with Gasteiger partial charge < -0.3 is 16.0 Å². The van der Waals surface area contributed by atoms with Crippen LogP contribution in [0.2, 0.25) is 0 Å². The number of urea groups is 1. The zero-order valence-corrected chi connectivity index (χ0v) is 13.6. The van der Waals surface area contributed by atoms with E-state index in [0.29, 0.717) is 17.9 Å². The Morgan fingerprint density at radius 3 is 2.65 bits per heavy atom. The molecule has 23 heavy (non-hydrogen) atoms. The molecule has 1 aromatic carbocycles. The summed E-state index contributed by atoms with van der Waals surface area (Å²) in [5.74, 6) is 0.199. The maximum absolute atomic E-state index is 11.9. The van der Waals surface area contributed by atoms with Gasteiger partial charge in [-0.15, -0.1) is 11.3 Å². The summed E-state index contributed by atoms with van der Waals surface area (Å²) in [4.78, 5) is 28.8. The van der Waals surface area contributed by atoms with E-state index in [0.717, 1.165) is 22.7 Å². The third kappa shape index (κ3) is 4.53. The average molecular weight is 330 g/mol. The first-order valence-corrected chi connectivity index (χ1v) is 8.29. The molecule has 120 valence electrons. The molecule has 0 aliphatic heterocycles. The molecule has 1 fully saturated rings. The molecule has 0 unspecified atom stereocenters. The van der Waals surface area contributed by atoms with Gasteiger partial charge in [-0.2, -0.15) is 0 Å². The highest BCUT2D eigenvalue weighted by Crippen LogP contribution is 2.30. The van der Waals surface area contributed by atoms with Crippen molar-refractivity contribution >= 4 is 34.6 Å². The quantitative estimate of drug-likeness (QED) is 0.787. The average Bonchev–Trinajstić information content (AvgIpc) is 3.29. The normalized spacial score (nSPS) is 13.4. The fraction of sp³-hybridized carbons (Fsp3) is 0.312. The summed E-state index contributed by atoms with van der Waals surface area (Å²) < 4.78 is 0. The van der Waals surface area contributed by atoms with Gasteiger partial charge in [0, 0.05) is 28.4 Å². The maximum Gasteiger partial charge on any atom is 0.319 e. The van der Waals surface area contributed by atoms with Gasteiger partial charge in [-0.1, -0.05) is 6.07 Å². The lowest BCUT2D eigenvalue weighted by Crippen LogP contribution is -2.27. The second-order valence-corrected chi connectivity index (χ2v) is 6.82. The van der Waals surface area contributed by atoms with Crippen molar-refractivity contribution in [3.63, 3.8) is 0 Å². The Morgan fingerprint density at radius 2 is 2.00 bits per heavy atom. The van der Waals surface area contributed by atoms with Crippen LogP contribution in [-0.2, 0) is 11.3 Å². The van der Waals surface area contributed by atoms with E-state index in [4.69, 9.17) is 0 Å². The third-order valence-electron chi connectivity index (χ3n) is 3.43. The highest BCUT2D eigenvalue weighted by atomic mass is 32.1. The number of thiazole rings is 1. The van der Waals surface area contributed by atoms with Crippen molar-refractivity contribution in [1.82, 2.24) is 10.3 Å². The summed E-state index contributed by atoms with van der Waals surface area (Å²) in [6.07, 6.45) is 3.68. The predicted octanol–water partition coefficient (Wildman–Crippen LogP) is 3.12. The topological polar surface area (TPSA) is 83.1 Å². The van der Waals surface area contributed by atoms with Crippen molar-refractivity contribution < 1.29 is 9.59 Å². The van der Waals surface area contributed by atoms with Crippen LogP contribution in [0.25, 0.3) is 0 Å². The highest BCUT2D eigenvalue weighted by Gasteiger charge is 2.29. The maximum atomic E-state index is 11.9. The van der Waals surface area contributed by atoms with Crippen LogP contribution >= 0.6 is 11.3 Å². The molecule has 0 atom stereocenters. The number of benzene rings is 1. The third-order valence-corrected chi connectivity index (χ3v) is 4.34. The van der Waals surface area contributed by atoms with E-state index < -0.39 is 0 Å². The highest BCUT2D eigenvalue weighted by molar-refractivity contribution is 7.11. The standard InChI is InChI=1S/C16H18N4O2S/c1-10-17-8-14(23-10)9-18-16(22)20-13-4-2-3-12(7-13)19-15(21)11-5-6-11/h2-4,7-8,11H,5-6,9H2,1H3,(H,19,21)(H2,18,20,22). The molecule has 0 spiro atoms. The van der Waals surface area contributed by atoms with Gasteiger partial charge in [0.05, 0.1) is 11.6 Å². The van der Waals surface area contributed by atoms with E-state index in [1.165, 1.54) is 0 Å². The Kier molecular flexibility index (Phi) is 4.57. The minimum atomic E-state index is -0.290. The first-order valence-electron chi connectivity index (χ1n) is 7.47. The molecular weight excluding hydrogens is 312 g/mol. The van der Waals surface area contributed by atoms with Crippen molar-refractivity contribution in [2.24, 2.45) is 5.92 Å². The molecule has 0 bridgehead atoms. The number of nitrogens with zero attached hydrogens (tertiary/aromatic N) is 1. The van der Waals surface area contributed by atoms with Gasteiger partial charge in [0.25, 0.3) is 0 Å². The Hall–Kier alpha value is -2.41. The minimum Gasteiger partial charge on any atom is -0.333 e. The Labute approximate surface area is 138 Å². The van der Waals surface area contributed by atoms with Gasteiger partial charge in [-0.05, 0) is 38.0 Å². The summed E-state index contributed by atoms with van der Waals surface area (Å²) in [6.45, 7) is 2.37. The van der Waals surface area contributed by atoms with Gasteiger partial charge >= 0.3 is 6.03 Å². The number of aromatic nitrogens is 1. The number of anilines is 2. The lowest BCUT2D eigenvalue weighted by atomic mass is 10.2. The number of hydrogen-bond donors (Lipinski definition) is 3. The fourth-order valence-electron chi connectivity index (χ4n) is 2.09. The van der Waals surface area contributed by atoms with Crippen molar-refractivity contribution in [2.45, 2.75) is 26.3 Å². The molecule has 1 aliphatic rings. The minimum absolute atomic E-state index is 0.0483. The summed E-state index contributed by atoms with van der Waals surface area (Å²) in [6, 6.07) is 6.84. The molecule has 0 saturated heterocycles. The van der Waals surface area contributed by atoms with Crippen LogP contribution in [0, 0.1) is 12.8 Å². The number of amides is 3. The van der Waals surface area contributed by atoms with E-state index in [2.05, 4.69) is 20.9 Å². The van der Waals surface area contributed by atoms with Gasteiger partial charge in [0.15, 0.2) is 0 Å². The molecule has 3 N–H and O–H groups in total. The van der Waals surface area contributed by atoms with Crippen LogP contribution < -0.4 is 16.0 Å². The molecule has 6 nitrogen and oxygen atoms in total. The zero-order valence-electron chi connectivity index (χ0n) is 12.8. The van der Waals surface area contributed by atoms with Gasteiger partial charge in [-0.3, -0.25) is 4.79 Å². The molecule has 1 heterocycles. The molecule has 3 rings (SSSR count).